The van der Waals surface area contributed by atoms with Crippen LogP contribution in [-0.2, 0) is 14.3 Å². The van der Waals surface area contributed by atoms with Crippen molar-refractivity contribution in [3.63, 3.8) is 0 Å². The molecule has 1 aliphatic carbocycles. The van der Waals surface area contributed by atoms with Gasteiger partial charge in [-0.2, -0.15) is 0 Å². The number of para-hydroxylation sites is 1. The fourth-order valence-corrected chi connectivity index (χ4v) is 2.99. The largest absolute Gasteiger partial charge is 0.482 e. The highest BCUT2D eigenvalue weighted by atomic mass is 16.6. The molecule has 0 saturated heterocycles. The van der Waals surface area contributed by atoms with E-state index in [1.807, 2.05) is 30.3 Å². The van der Waals surface area contributed by atoms with E-state index in [4.69, 9.17) is 14.2 Å². The number of hydrogen-bond donors (Lipinski definition) is 2. The molecule has 8 heteroatoms. The Hall–Kier alpha value is -4.33. The standard InChI is InChI=1S/C26H24N2O6/c29-24(27-20-6-4-5-18(15-20)26(31)28-19-9-10-19)16-33-25(30)17-32-21-11-13-23(14-12-21)34-22-7-2-1-3-8-22/h1-8,11-15,19H,9-10,16-17H2,(H,27,29)(H,28,31). The maximum absolute atomic E-state index is 12.1. The van der Waals surface area contributed by atoms with E-state index in [1.54, 1.807) is 48.5 Å². The summed E-state index contributed by atoms with van der Waals surface area (Å²) in [5.74, 6) is 0.427. The number of carbonyl (C=O) groups excluding carboxylic acids is 3. The topological polar surface area (TPSA) is 103 Å². The minimum absolute atomic E-state index is 0.179. The average molecular weight is 460 g/mol. The highest BCUT2D eigenvalue weighted by Gasteiger charge is 2.23. The molecule has 0 radical (unpaired) electrons. The summed E-state index contributed by atoms with van der Waals surface area (Å²) in [5, 5.41) is 5.50. The van der Waals surface area contributed by atoms with Crippen LogP contribution in [0.15, 0.2) is 78.9 Å². The molecule has 0 aliphatic heterocycles. The van der Waals surface area contributed by atoms with Crippen LogP contribution >= 0.6 is 0 Å². The molecule has 3 aromatic rings. The van der Waals surface area contributed by atoms with Gasteiger partial charge in [-0.05, 0) is 67.4 Å². The molecule has 1 saturated carbocycles. The molecule has 3 aromatic carbocycles. The number of rotatable bonds is 10. The highest BCUT2D eigenvalue weighted by molar-refractivity contribution is 5.98. The van der Waals surface area contributed by atoms with Crippen LogP contribution in [0.3, 0.4) is 0 Å². The van der Waals surface area contributed by atoms with Gasteiger partial charge < -0.3 is 24.8 Å². The molecule has 0 heterocycles. The summed E-state index contributed by atoms with van der Waals surface area (Å²) in [6.07, 6.45) is 1.98. The van der Waals surface area contributed by atoms with Gasteiger partial charge in [0.2, 0.25) is 0 Å². The zero-order valence-corrected chi connectivity index (χ0v) is 18.4. The van der Waals surface area contributed by atoms with Gasteiger partial charge in [-0.3, -0.25) is 9.59 Å². The molecule has 2 amide bonds. The van der Waals surface area contributed by atoms with E-state index in [2.05, 4.69) is 10.6 Å². The Balaban J connectivity index is 1.17. The van der Waals surface area contributed by atoms with Crippen molar-refractivity contribution in [1.82, 2.24) is 5.32 Å². The van der Waals surface area contributed by atoms with Crippen LogP contribution in [0.4, 0.5) is 5.69 Å². The van der Waals surface area contributed by atoms with Gasteiger partial charge in [-0.15, -0.1) is 0 Å². The first-order chi connectivity index (χ1) is 16.5. The first-order valence-electron chi connectivity index (χ1n) is 10.9. The monoisotopic (exact) mass is 460 g/mol. The summed E-state index contributed by atoms with van der Waals surface area (Å²) in [4.78, 5) is 36.2. The molecule has 4 rings (SSSR count). The van der Waals surface area contributed by atoms with Gasteiger partial charge in [0, 0.05) is 17.3 Å². The molecule has 0 unspecified atom stereocenters. The van der Waals surface area contributed by atoms with Gasteiger partial charge >= 0.3 is 5.97 Å². The molecular weight excluding hydrogens is 436 g/mol. The lowest BCUT2D eigenvalue weighted by molar-refractivity contribution is -0.149. The van der Waals surface area contributed by atoms with E-state index in [9.17, 15) is 14.4 Å². The molecule has 0 aromatic heterocycles. The zero-order chi connectivity index (χ0) is 23.8. The number of amides is 2. The first-order valence-corrected chi connectivity index (χ1v) is 10.9. The lowest BCUT2D eigenvalue weighted by atomic mass is 10.2. The maximum atomic E-state index is 12.1. The molecule has 2 N–H and O–H groups in total. The molecule has 34 heavy (non-hydrogen) atoms. The number of anilines is 1. The second-order valence-corrected chi connectivity index (χ2v) is 7.71. The fourth-order valence-electron chi connectivity index (χ4n) is 2.99. The van der Waals surface area contributed by atoms with E-state index in [0.717, 1.165) is 12.8 Å². The SMILES string of the molecule is O=C(COC(=O)COc1ccc(Oc2ccccc2)cc1)Nc1cccc(C(=O)NC2CC2)c1. The second-order valence-electron chi connectivity index (χ2n) is 7.71. The lowest BCUT2D eigenvalue weighted by Gasteiger charge is -2.10. The minimum atomic E-state index is -0.683. The van der Waals surface area contributed by atoms with Gasteiger partial charge in [-0.1, -0.05) is 24.3 Å². The van der Waals surface area contributed by atoms with Crippen LogP contribution in [0.5, 0.6) is 17.2 Å². The van der Waals surface area contributed by atoms with Crippen molar-refractivity contribution >= 4 is 23.5 Å². The zero-order valence-electron chi connectivity index (χ0n) is 18.4. The summed E-state index contributed by atoms with van der Waals surface area (Å²) in [6.45, 7) is -0.812. The van der Waals surface area contributed by atoms with Gasteiger partial charge in [0.05, 0.1) is 0 Å². The van der Waals surface area contributed by atoms with Crippen LogP contribution in [-0.4, -0.2) is 37.0 Å². The third-order valence-electron chi connectivity index (χ3n) is 4.84. The molecule has 0 spiro atoms. The van der Waals surface area contributed by atoms with E-state index in [0.29, 0.717) is 28.5 Å². The van der Waals surface area contributed by atoms with Gasteiger partial charge in [0.25, 0.3) is 11.8 Å². The Bertz CT molecular complexity index is 1140. The number of benzene rings is 3. The molecule has 0 bridgehead atoms. The molecular formula is C26H24N2O6. The van der Waals surface area contributed by atoms with Crippen molar-refractivity contribution in [2.45, 2.75) is 18.9 Å². The van der Waals surface area contributed by atoms with Crippen LogP contribution in [0, 0.1) is 0 Å². The molecule has 1 aliphatic rings. The van der Waals surface area contributed by atoms with Crippen LogP contribution < -0.4 is 20.1 Å². The summed E-state index contributed by atoms with van der Waals surface area (Å²) in [5.41, 5.74) is 0.897. The number of nitrogens with one attached hydrogen (secondary N) is 2. The van der Waals surface area contributed by atoms with E-state index >= 15 is 0 Å². The van der Waals surface area contributed by atoms with Crippen LogP contribution in [0.25, 0.3) is 0 Å². The predicted octanol–water partition coefficient (Wildman–Crippen LogP) is 3.93. The van der Waals surface area contributed by atoms with Gasteiger partial charge in [0.1, 0.15) is 17.2 Å². The molecule has 8 nitrogen and oxygen atoms in total. The van der Waals surface area contributed by atoms with Crippen molar-refractivity contribution in [3.05, 3.63) is 84.4 Å². The third-order valence-corrected chi connectivity index (χ3v) is 4.84. The van der Waals surface area contributed by atoms with Crippen molar-refractivity contribution < 1.29 is 28.6 Å². The predicted molar refractivity (Wildman–Crippen MR) is 125 cm³/mol. The number of esters is 1. The lowest BCUT2D eigenvalue weighted by Crippen LogP contribution is -2.26. The minimum Gasteiger partial charge on any atom is -0.482 e. The summed E-state index contributed by atoms with van der Waals surface area (Å²) in [7, 11) is 0. The van der Waals surface area contributed by atoms with Crippen LogP contribution in [0.2, 0.25) is 0 Å². The second kappa shape index (κ2) is 11.0. The summed E-state index contributed by atoms with van der Waals surface area (Å²) in [6, 6.07) is 23.0. The van der Waals surface area contributed by atoms with Crippen molar-refractivity contribution in [2.75, 3.05) is 18.5 Å². The first kappa shape index (κ1) is 22.8. The Kier molecular flexibility index (Phi) is 7.39. The smallest absolute Gasteiger partial charge is 0.344 e. The van der Waals surface area contributed by atoms with Crippen molar-refractivity contribution in [3.8, 4) is 17.2 Å². The number of ether oxygens (including phenoxy) is 3. The molecule has 174 valence electrons. The molecule has 1 fully saturated rings. The molecule has 0 atom stereocenters. The normalized spacial score (nSPS) is 12.4. The van der Waals surface area contributed by atoms with Crippen LogP contribution in [0.1, 0.15) is 23.2 Å². The average Bonchev–Trinajstić information content (AvgIpc) is 3.67. The van der Waals surface area contributed by atoms with E-state index in [-0.39, 0.29) is 18.6 Å². The Morgan fingerprint density at radius 3 is 2.24 bits per heavy atom. The van der Waals surface area contributed by atoms with Gasteiger partial charge in [-0.25, -0.2) is 4.79 Å². The quantitative estimate of drug-likeness (QED) is 0.445. The summed E-state index contributed by atoms with van der Waals surface area (Å²) < 4.78 is 16.1. The Morgan fingerprint density at radius 1 is 0.794 bits per heavy atom. The number of carbonyl (C=O) groups is 3. The summed E-state index contributed by atoms with van der Waals surface area (Å²) >= 11 is 0. The van der Waals surface area contributed by atoms with E-state index in [1.165, 1.54) is 0 Å². The van der Waals surface area contributed by atoms with E-state index < -0.39 is 18.5 Å². The number of hydrogen-bond acceptors (Lipinski definition) is 6. The highest BCUT2D eigenvalue weighted by Crippen LogP contribution is 2.23. The Labute approximate surface area is 196 Å². The fraction of sp³-hybridized carbons (Fsp3) is 0.192. The van der Waals surface area contributed by atoms with Gasteiger partial charge in [0.15, 0.2) is 13.2 Å². The Morgan fingerprint density at radius 2 is 1.50 bits per heavy atom. The van der Waals surface area contributed by atoms with Crippen molar-refractivity contribution in [1.29, 1.82) is 0 Å². The van der Waals surface area contributed by atoms with Crippen molar-refractivity contribution in [2.24, 2.45) is 0 Å². The third kappa shape index (κ3) is 7.09. The maximum Gasteiger partial charge on any atom is 0.344 e.